The van der Waals surface area contributed by atoms with Crippen LogP contribution in [-0.4, -0.2) is 9.97 Å². The summed E-state index contributed by atoms with van der Waals surface area (Å²) in [6.45, 7) is 4.16. The summed E-state index contributed by atoms with van der Waals surface area (Å²) >= 11 is 0. The number of nitrogen functional groups attached to an aromatic ring is 1. The summed E-state index contributed by atoms with van der Waals surface area (Å²) in [4.78, 5) is 9.31. The van der Waals surface area contributed by atoms with Crippen molar-refractivity contribution in [1.82, 2.24) is 9.97 Å². The van der Waals surface area contributed by atoms with Crippen LogP contribution in [0.4, 0.5) is 5.82 Å². The minimum absolute atomic E-state index is 0.585. The Labute approximate surface area is 103 Å². The molecule has 92 valence electrons. The Kier molecular flexibility index (Phi) is 2.57. The van der Waals surface area contributed by atoms with Gasteiger partial charge in [0.05, 0.1) is 0 Å². The third-order valence-corrected chi connectivity index (χ3v) is 4.71. The number of anilines is 1. The number of hydrogen-bond acceptors (Lipinski definition) is 3. The Balaban J connectivity index is 1.95. The molecule has 2 saturated carbocycles. The van der Waals surface area contributed by atoms with E-state index in [-0.39, 0.29) is 0 Å². The highest BCUT2D eigenvalue weighted by Gasteiger charge is 2.41. The molecule has 0 aromatic carbocycles. The first-order valence-corrected chi connectivity index (χ1v) is 6.82. The first kappa shape index (κ1) is 11.0. The first-order valence-electron chi connectivity index (χ1n) is 6.82. The van der Waals surface area contributed by atoms with Gasteiger partial charge in [0, 0.05) is 17.2 Å². The van der Waals surface area contributed by atoms with Crippen molar-refractivity contribution in [2.45, 2.75) is 51.9 Å². The van der Waals surface area contributed by atoms with Crippen LogP contribution >= 0.6 is 0 Å². The molecule has 1 aromatic heterocycles. The van der Waals surface area contributed by atoms with Crippen LogP contribution in [0, 0.1) is 18.8 Å². The third kappa shape index (κ3) is 1.72. The molecule has 0 spiro atoms. The summed E-state index contributed by atoms with van der Waals surface area (Å²) in [5, 5.41) is 0. The minimum Gasteiger partial charge on any atom is -0.383 e. The minimum atomic E-state index is 0.585. The highest BCUT2D eigenvalue weighted by atomic mass is 15.0. The number of hydrogen-bond donors (Lipinski definition) is 1. The number of aryl methyl sites for hydroxylation is 1. The highest BCUT2D eigenvalue weighted by Crippen LogP contribution is 2.52. The van der Waals surface area contributed by atoms with Gasteiger partial charge in [0.1, 0.15) is 11.6 Å². The molecule has 3 rings (SSSR count). The smallest absolute Gasteiger partial charge is 0.134 e. The monoisotopic (exact) mass is 231 g/mol. The Hall–Kier alpha value is -1.12. The Morgan fingerprint density at radius 1 is 1.24 bits per heavy atom. The molecule has 2 aliphatic rings. The Bertz CT molecular complexity index is 441. The second-order valence-corrected chi connectivity index (χ2v) is 5.67. The number of nitrogens with two attached hydrogens (primary N) is 1. The van der Waals surface area contributed by atoms with Gasteiger partial charge in [-0.15, -0.1) is 0 Å². The fourth-order valence-electron chi connectivity index (χ4n) is 3.67. The lowest BCUT2D eigenvalue weighted by atomic mass is 9.88. The van der Waals surface area contributed by atoms with Gasteiger partial charge < -0.3 is 5.73 Å². The van der Waals surface area contributed by atoms with Crippen molar-refractivity contribution in [3.05, 3.63) is 17.1 Å². The summed E-state index contributed by atoms with van der Waals surface area (Å²) in [7, 11) is 0. The molecular weight excluding hydrogens is 210 g/mol. The zero-order valence-corrected chi connectivity index (χ0v) is 10.7. The average Bonchev–Trinajstić information content (AvgIpc) is 2.94. The van der Waals surface area contributed by atoms with E-state index in [0.717, 1.165) is 35.3 Å². The predicted molar refractivity (Wildman–Crippen MR) is 68.7 cm³/mol. The van der Waals surface area contributed by atoms with Crippen LogP contribution in [-0.2, 0) is 6.42 Å². The van der Waals surface area contributed by atoms with Crippen LogP contribution < -0.4 is 5.73 Å². The molecule has 3 atom stereocenters. The topological polar surface area (TPSA) is 51.8 Å². The maximum Gasteiger partial charge on any atom is 0.134 e. The molecule has 2 N–H and O–H groups in total. The van der Waals surface area contributed by atoms with Crippen LogP contribution in [0.1, 0.15) is 55.6 Å². The van der Waals surface area contributed by atoms with Crippen LogP contribution in [0.25, 0.3) is 0 Å². The molecule has 1 heterocycles. The van der Waals surface area contributed by atoms with E-state index in [4.69, 9.17) is 10.7 Å². The molecule has 0 aliphatic heterocycles. The van der Waals surface area contributed by atoms with E-state index in [1.54, 1.807) is 0 Å². The second kappa shape index (κ2) is 3.97. The average molecular weight is 231 g/mol. The number of nitrogens with zero attached hydrogens (tertiary/aromatic N) is 2. The third-order valence-electron chi connectivity index (χ3n) is 4.71. The van der Waals surface area contributed by atoms with Crippen molar-refractivity contribution in [3.63, 3.8) is 0 Å². The van der Waals surface area contributed by atoms with E-state index in [9.17, 15) is 0 Å². The Morgan fingerprint density at radius 3 is 2.65 bits per heavy atom. The molecule has 3 heteroatoms. The quantitative estimate of drug-likeness (QED) is 0.851. The van der Waals surface area contributed by atoms with Gasteiger partial charge in [-0.1, -0.05) is 13.3 Å². The maximum absolute atomic E-state index is 6.01. The summed E-state index contributed by atoms with van der Waals surface area (Å²) in [5.41, 5.74) is 8.22. The van der Waals surface area contributed by atoms with E-state index in [1.165, 1.54) is 25.7 Å². The molecule has 2 fully saturated rings. The lowest BCUT2D eigenvalue weighted by molar-refractivity contribution is 0.404. The van der Waals surface area contributed by atoms with Crippen molar-refractivity contribution >= 4 is 5.82 Å². The van der Waals surface area contributed by atoms with Gasteiger partial charge >= 0.3 is 0 Å². The van der Waals surface area contributed by atoms with Gasteiger partial charge in [-0.05, 0) is 44.4 Å². The largest absolute Gasteiger partial charge is 0.383 e. The predicted octanol–water partition coefficient (Wildman–Crippen LogP) is 2.83. The van der Waals surface area contributed by atoms with Gasteiger partial charge in [0.2, 0.25) is 0 Å². The molecule has 2 bridgehead atoms. The molecule has 0 radical (unpaired) electrons. The molecule has 3 nitrogen and oxygen atoms in total. The van der Waals surface area contributed by atoms with Gasteiger partial charge in [-0.3, -0.25) is 0 Å². The number of aromatic nitrogens is 2. The van der Waals surface area contributed by atoms with Crippen LogP contribution in [0.5, 0.6) is 0 Å². The van der Waals surface area contributed by atoms with E-state index in [1.807, 2.05) is 6.92 Å². The first-order chi connectivity index (χ1) is 8.19. The van der Waals surface area contributed by atoms with E-state index >= 15 is 0 Å². The molecule has 0 amide bonds. The van der Waals surface area contributed by atoms with Gasteiger partial charge in [0.15, 0.2) is 0 Å². The summed E-state index contributed by atoms with van der Waals surface area (Å²) in [5.74, 6) is 4.06. The SMILES string of the molecule is CCc1nc(C2CC3CCC2C3)nc(N)c1C. The summed E-state index contributed by atoms with van der Waals surface area (Å²) in [6.07, 6.45) is 6.42. The van der Waals surface area contributed by atoms with E-state index in [2.05, 4.69) is 11.9 Å². The fraction of sp³-hybridized carbons (Fsp3) is 0.714. The van der Waals surface area contributed by atoms with Crippen molar-refractivity contribution < 1.29 is 0 Å². The standard InChI is InChI=1S/C14H21N3/c1-3-12-8(2)13(15)17-14(16-12)11-7-9-4-5-10(11)6-9/h9-11H,3-7H2,1-2H3,(H2,15,16,17). The van der Waals surface area contributed by atoms with Gasteiger partial charge in [-0.25, -0.2) is 9.97 Å². The summed E-state index contributed by atoms with van der Waals surface area (Å²) < 4.78 is 0. The lowest BCUT2D eigenvalue weighted by Crippen LogP contribution is -2.15. The zero-order chi connectivity index (χ0) is 12.0. The van der Waals surface area contributed by atoms with Crippen molar-refractivity contribution in [2.75, 3.05) is 5.73 Å². The van der Waals surface area contributed by atoms with E-state index in [0.29, 0.717) is 11.7 Å². The molecule has 1 aromatic rings. The highest BCUT2D eigenvalue weighted by molar-refractivity contribution is 5.41. The normalized spacial score (nSPS) is 31.1. The molecule has 3 unspecified atom stereocenters. The van der Waals surface area contributed by atoms with Crippen LogP contribution in [0.3, 0.4) is 0 Å². The maximum atomic E-state index is 6.01. The number of fused-ring (bicyclic) bond motifs is 2. The van der Waals surface area contributed by atoms with Crippen molar-refractivity contribution in [1.29, 1.82) is 0 Å². The zero-order valence-electron chi connectivity index (χ0n) is 10.7. The number of rotatable bonds is 2. The molecule has 2 aliphatic carbocycles. The summed E-state index contributed by atoms with van der Waals surface area (Å²) in [6, 6.07) is 0. The van der Waals surface area contributed by atoms with Gasteiger partial charge in [-0.2, -0.15) is 0 Å². The van der Waals surface area contributed by atoms with Crippen LogP contribution in [0.2, 0.25) is 0 Å². The molecule has 0 saturated heterocycles. The fourth-order valence-corrected chi connectivity index (χ4v) is 3.67. The van der Waals surface area contributed by atoms with Crippen molar-refractivity contribution in [2.24, 2.45) is 11.8 Å². The molecular formula is C14H21N3. The lowest BCUT2D eigenvalue weighted by Gasteiger charge is -2.21. The second-order valence-electron chi connectivity index (χ2n) is 5.67. The van der Waals surface area contributed by atoms with E-state index < -0.39 is 0 Å². The van der Waals surface area contributed by atoms with Crippen LogP contribution in [0.15, 0.2) is 0 Å². The van der Waals surface area contributed by atoms with Crippen molar-refractivity contribution in [3.8, 4) is 0 Å². The van der Waals surface area contributed by atoms with Gasteiger partial charge in [0.25, 0.3) is 0 Å². The Morgan fingerprint density at radius 2 is 2.06 bits per heavy atom. The molecule has 17 heavy (non-hydrogen) atoms.